The van der Waals surface area contributed by atoms with Crippen molar-refractivity contribution in [1.82, 2.24) is 15.1 Å². The van der Waals surface area contributed by atoms with Gasteiger partial charge in [-0.15, -0.1) is 0 Å². The van der Waals surface area contributed by atoms with Crippen molar-refractivity contribution in [3.63, 3.8) is 0 Å². The molecule has 106 valence electrons. The molecule has 5 heteroatoms. The molecule has 1 atom stereocenters. The minimum Gasteiger partial charge on any atom is -0.486 e. The van der Waals surface area contributed by atoms with Crippen molar-refractivity contribution in [1.29, 1.82) is 0 Å². The van der Waals surface area contributed by atoms with Crippen molar-refractivity contribution >= 4 is 11.6 Å². The zero-order chi connectivity index (χ0) is 13.1. The van der Waals surface area contributed by atoms with Gasteiger partial charge in [0.1, 0.15) is 0 Å². The first-order valence-corrected chi connectivity index (χ1v) is 7.79. The molecule has 19 heavy (non-hydrogen) atoms. The Labute approximate surface area is 119 Å². The van der Waals surface area contributed by atoms with Crippen molar-refractivity contribution in [3.8, 4) is 5.75 Å². The van der Waals surface area contributed by atoms with Gasteiger partial charge in [-0.05, 0) is 57.5 Å². The van der Waals surface area contributed by atoms with Gasteiger partial charge in [-0.3, -0.25) is 4.68 Å². The smallest absolute Gasteiger partial charge is 0.176 e. The molecule has 1 aliphatic heterocycles. The lowest BCUT2D eigenvalue weighted by atomic mass is 10.00. The third-order valence-corrected chi connectivity index (χ3v) is 4.55. The van der Waals surface area contributed by atoms with Gasteiger partial charge in [-0.1, -0.05) is 11.6 Å². The normalized spacial score (nSPS) is 24.8. The van der Waals surface area contributed by atoms with E-state index in [-0.39, 0.29) is 0 Å². The zero-order valence-corrected chi connectivity index (χ0v) is 12.0. The van der Waals surface area contributed by atoms with E-state index in [1.807, 2.05) is 4.68 Å². The minimum atomic E-state index is 0.339. The predicted molar refractivity (Wildman–Crippen MR) is 75.7 cm³/mol. The van der Waals surface area contributed by atoms with Gasteiger partial charge in [-0.25, -0.2) is 0 Å². The fourth-order valence-corrected chi connectivity index (χ4v) is 3.28. The van der Waals surface area contributed by atoms with Crippen molar-refractivity contribution in [2.24, 2.45) is 5.92 Å². The number of hydrogen-bond acceptors (Lipinski definition) is 3. The fourth-order valence-electron chi connectivity index (χ4n) is 3.07. The number of nitrogens with zero attached hydrogens (tertiary/aromatic N) is 2. The second kappa shape index (κ2) is 6.14. The van der Waals surface area contributed by atoms with E-state index < -0.39 is 0 Å². The van der Waals surface area contributed by atoms with Crippen LogP contribution in [0.5, 0.6) is 5.75 Å². The lowest BCUT2D eigenvalue weighted by Crippen LogP contribution is -2.32. The van der Waals surface area contributed by atoms with E-state index >= 15 is 0 Å². The van der Waals surface area contributed by atoms with E-state index in [9.17, 15) is 0 Å². The molecule has 2 fully saturated rings. The summed E-state index contributed by atoms with van der Waals surface area (Å²) in [5.74, 6) is 1.39. The Kier molecular flexibility index (Phi) is 4.28. The maximum Gasteiger partial charge on any atom is 0.176 e. The number of hydrogen-bond donors (Lipinski definition) is 1. The second-order valence-corrected chi connectivity index (χ2v) is 6.08. The van der Waals surface area contributed by atoms with Crippen LogP contribution in [0.2, 0.25) is 5.15 Å². The van der Waals surface area contributed by atoms with Crippen LogP contribution >= 0.6 is 11.6 Å². The number of ether oxygens (including phenoxy) is 1. The molecule has 1 aromatic heterocycles. The molecule has 0 aromatic carbocycles. The van der Waals surface area contributed by atoms with Crippen molar-refractivity contribution in [3.05, 3.63) is 11.3 Å². The standard InChI is InChI=1S/C14H22ClN3O/c15-14-13(19-12-5-1-2-6-12)9-17-18(14)10-11-4-3-7-16-8-11/h9,11-12,16H,1-8,10H2. The van der Waals surface area contributed by atoms with Gasteiger partial charge in [0.05, 0.1) is 12.3 Å². The quantitative estimate of drug-likeness (QED) is 0.923. The number of rotatable bonds is 4. The summed E-state index contributed by atoms with van der Waals surface area (Å²) in [6.45, 7) is 3.09. The molecule has 0 amide bonds. The average molecular weight is 284 g/mol. The lowest BCUT2D eigenvalue weighted by molar-refractivity contribution is 0.209. The largest absolute Gasteiger partial charge is 0.486 e. The number of aromatic nitrogens is 2. The van der Waals surface area contributed by atoms with Crippen LogP contribution in [0.1, 0.15) is 38.5 Å². The number of nitrogens with one attached hydrogen (secondary N) is 1. The summed E-state index contributed by atoms with van der Waals surface area (Å²) in [4.78, 5) is 0. The topological polar surface area (TPSA) is 39.1 Å². The molecular weight excluding hydrogens is 262 g/mol. The molecule has 2 heterocycles. The lowest BCUT2D eigenvalue weighted by Gasteiger charge is -2.22. The molecule has 0 spiro atoms. The highest BCUT2D eigenvalue weighted by atomic mass is 35.5. The van der Waals surface area contributed by atoms with Gasteiger partial charge in [-0.2, -0.15) is 5.10 Å². The van der Waals surface area contributed by atoms with E-state index in [1.54, 1.807) is 6.20 Å². The SMILES string of the molecule is Clc1c(OC2CCCC2)cnn1CC1CCCNC1. The molecule has 1 aliphatic carbocycles. The third-order valence-electron chi connectivity index (χ3n) is 4.17. The first-order valence-electron chi connectivity index (χ1n) is 7.41. The van der Waals surface area contributed by atoms with E-state index in [1.165, 1.54) is 25.7 Å². The van der Waals surface area contributed by atoms with Crippen LogP contribution in [0.3, 0.4) is 0 Å². The van der Waals surface area contributed by atoms with Crippen LogP contribution in [0, 0.1) is 5.92 Å². The van der Waals surface area contributed by atoms with Crippen molar-refractivity contribution in [2.75, 3.05) is 13.1 Å². The van der Waals surface area contributed by atoms with Gasteiger partial charge in [0, 0.05) is 6.54 Å². The average Bonchev–Trinajstić information content (AvgIpc) is 3.05. The summed E-state index contributed by atoms with van der Waals surface area (Å²) in [6, 6.07) is 0. The van der Waals surface area contributed by atoms with E-state index in [2.05, 4.69) is 10.4 Å². The van der Waals surface area contributed by atoms with E-state index in [0.29, 0.717) is 17.2 Å². The molecule has 1 N–H and O–H groups in total. The van der Waals surface area contributed by atoms with Crippen LogP contribution in [0.4, 0.5) is 0 Å². The molecule has 3 rings (SSSR count). The highest BCUT2D eigenvalue weighted by Gasteiger charge is 2.21. The highest BCUT2D eigenvalue weighted by Crippen LogP contribution is 2.30. The first kappa shape index (κ1) is 13.3. The minimum absolute atomic E-state index is 0.339. The molecule has 0 radical (unpaired) electrons. The van der Waals surface area contributed by atoms with Gasteiger partial charge < -0.3 is 10.1 Å². The number of piperidine rings is 1. The maximum atomic E-state index is 6.38. The molecule has 1 saturated heterocycles. The molecule has 1 saturated carbocycles. The molecule has 1 aromatic rings. The Balaban J connectivity index is 1.60. The Morgan fingerprint density at radius 3 is 2.89 bits per heavy atom. The predicted octanol–water partition coefficient (Wildman–Crippen LogP) is 2.86. The second-order valence-electron chi connectivity index (χ2n) is 5.72. The van der Waals surface area contributed by atoms with Crippen molar-refractivity contribution in [2.45, 2.75) is 51.2 Å². The zero-order valence-electron chi connectivity index (χ0n) is 11.3. The summed E-state index contributed by atoms with van der Waals surface area (Å²) in [7, 11) is 0. The monoisotopic (exact) mass is 283 g/mol. The van der Waals surface area contributed by atoms with Crippen LogP contribution in [-0.4, -0.2) is 29.0 Å². The van der Waals surface area contributed by atoms with Gasteiger partial charge >= 0.3 is 0 Å². The summed E-state index contributed by atoms with van der Waals surface area (Å²) in [6.07, 6.45) is 9.44. The van der Waals surface area contributed by atoms with Gasteiger partial charge in [0.25, 0.3) is 0 Å². The summed E-state index contributed by atoms with van der Waals surface area (Å²) < 4.78 is 7.84. The molecule has 1 unspecified atom stereocenters. The van der Waals surface area contributed by atoms with Crippen LogP contribution in [0.25, 0.3) is 0 Å². The Morgan fingerprint density at radius 1 is 1.32 bits per heavy atom. The third kappa shape index (κ3) is 3.23. The Hall–Kier alpha value is -0.740. The summed E-state index contributed by atoms with van der Waals surface area (Å²) in [5.41, 5.74) is 0. The summed E-state index contributed by atoms with van der Waals surface area (Å²) in [5, 5.41) is 8.47. The van der Waals surface area contributed by atoms with Gasteiger partial charge in [0.2, 0.25) is 0 Å². The van der Waals surface area contributed by atoms with Crippen LogP contribution < -0.4 is 10.1 Å². The Bertz CT molecular complexity index is 409. The van der Waals surface area contributed by atoms with Crippen molar-refractivity contribution < 1.29 is 4.74 Å². The maximum absolute atomic E-state index is 6.38. The van der Waals surface area contributed by atoms with E-state index in [4.69, 9.17) is 16.3 Å². The van der Waals surface area contributed by atoms with Crippen LogP contribution in [-0.2, 0) is 6.54 Å². The molecule has 2 aliphatic rings. The van der Waals surface area contributed by atoms with E-state index in [0.717, 1.165) is 38.2 Å². The molecular formula is C14H22ClN3O. The fraction of sp³-hybridized carbons (Fsp3) is 0.786. The highest BCUT2D eigenvalue weighted by molar-refractivity contribution is 6.31. The number of halogens is 1. The molecule has 4 nitrogen and oxygen atoms in total. The van der Waals surface area contributed by atoms with Gasteiger partial charge in [0.15, 0.2) is 10.9 Å². The molecule has 0 bridgehead atoms. The summed E-state index contributed by atoms with van der Waals surface area (Å²) >= 11 is 6.38. The van der Waals surface area contributed by atoms with Crippen LogP contribution in [0.15, 0.2) is 6.20 Å². The Morgan fingerprint density at radius 2 is 2.16 bits per heavy atom. The first-order chi connectivity index (χ1) is 9.33.